The van der Waals surface area contributed by atoms with E-state index in [0.717, 1.165) is 10.9 Å². The van der Waals surface area contributed by atoms with E-state index in [1.54, 1.807) is 0 Å². The Morgan fingerprint density at radius 3 is 3.00 bits per heavy atom. The van der Waals surface area contributed by atoms with Crippen LogP contribution in [0.1, 0.15) is 6.42 Å². The third-order valence-corrected chi connectivity index (χ3v) is 4.05. The number of hydrogen-bond acceptors (Lipinski definition) is 4. The van der Waals surface area contributed by atoms with E-state index in [4.69, 9.17) is 14.6 Å². The molecule has 24 heavy (non-hydrogen) atoms. The van der Waals surface area contributed by atoms with Crippen LogP contribution in [0.15, 0.2) is 36.5 Å². The lowest BCUT2D eigenvalue weighted by Gasteiger charge is -2.31. The lowest BCUT2D eigenvalue weighted by Crippen LogP contribution is -2.51. The van der Waals surface area contributed by atoms with Crippen molar-refractivity contribution < 1.29 is 24.2 Å². The zero-order chi connectivity index (χ0) is 16.9. The molecule has 3 rings (SSSR count). The van der Waals surface area contributed by atoms with E-state index in [0.29, 0.717) is 19.6 Å². The quantitative estimate of drug-likeness (QED) is 0.824. The minimum atomic E-state index is -1.02. The molecule has 1 aromatic carbocycles. The van der Waals surface area contributed by atoms with Gasteiger partial charge in [-0.25, -0.2) is 4.79 Å². The van der Waals surface area contributed by atoms with Crippen molar-refractivity contribution in [3.05, 3.63) is 36.5 Å². The molecule has 1 fully saturated rings. The maximum Gasteiger partial charge on any atom is 0.329 e. The predicted octanol–water partition coefficient (Wildman–Crippen LogP) is 1.02. The first-order chi connectivity index (χ1) is 11.6. The van der Waals surface area contributed by atoms with Crippen LogP contribution in [0.4, 0.5) is 0 Å². The lowest BCUT2D eigenvalue weighted by atomic mass is 10.1. The van der Waals surface area contributed by atoms with Crippen molar-refractivity contribution in [3.63, 3.8) is 0 Å². The molecule has 7 heteroatoms. The van der Waals surface area contributed by atoms with Crippen LogP contribution in [0.5, 0.6) is 0 Å². The van der Waals surface area contributed by atoms with Crippen molar-refractivity contribution in [2.45, 2.75) is 25.1 Å². The van der Waals surface area contributed by atoms with Gasteiger partial charge in [-0.3, -0.25) is 4.79 Å². The summed E-state index contributed by atoms with van der Waals surface area (Å²) in [7, 11) is 0. The Kier molecular flexibility index (Phi) is 5.12. The molecule has 0 aliphatic carbocycles. The van der Waals surface area contributed by atoms with Gasteiger partial charge in [0, 0.05) is 18.3 Å². The summed E-state index contributed by atoms with van der Waals surface area (Å²) in [5.41, 5.74) is 0.992. The highest BCUT2D eigenvalue weighted by Gasteiger charge is 2.28. The largest absolute Gasteiger partial charge is 0.480 e. The van der Waals surface area contributed by atoms with Crippen LogP contribution in [0.25, 0.3) is 10.9 Å². The molecule has 0 unspecified atom stereocenters. The fraction of sp³-hybridized carbons (Fsp3) is 0.412. The Balaban J connectivity index is 1.61. The molecule has 128 valence electrons. The highest BCUT2D eigenvalue weighted by atomic mass is 16.5. The summed E-state index contributed by atoms with van der Waals surface area (Å²) in [6.07, 6.45) is 2.09. The highest BCUT2D eigenvalue weighted by Crippen LogP contribution is 2.15. The Hall–Kier alpha value is -2.38. The van der Waals surface area contributed by atoms with Gasteiger partial charge in [-0.2, -0.15) is 0 Å². The number of aromatic nitrogens is 1. The van der Waals surface area contributed by atoms with Crippen LogP contribution in [-0.4, -0.2) is 53.5 Å². The van der Waals surface area contributed by atoms with Gasteiger partial charge in [-0.1, -0.05) is 18.2 Å². The molecule has 2 aromatic rings. The number of carboxylic acids is 1. The predicted molar refractivity (Wildman–Crippen MR) is 86.7 cm³/mol. The van der Waals surface area contributed by atoms with Crippen molar-refractivity contribution in [2.75, 3.05) is 19.8 Å². The molecule has 1 amide bonds. The number of amides is 1. The summed E-state index contributed by atoms with van der Waals surface area (Å²) in [6.45, 7) is 0.635. The van der Waals surface area contributed by atoms with E-state index in [1.165, 1.54) is 0 Å². The van der Waals surface area contributed by atoms with Crippen molar-refractivity contribution in [1.29, 1.82) is 0 Å². The third-order valence-electron chi connectivity index (χ3n) is 4.05. The molecule has 2 atom stereocenters. The average Bonchev–Trinajstić information content (AvgIpc) is 2.97. The van der Waals surface area contributed by atoms with Crippen LogP contribution in [0.3, 0.4) is 0 Å². The summed E-state index contributed by atoms with van der Waals surface area (Å²) in [5, 5.41) is 12.7. The number of carbonyl (C=O) groups is 2. The number of nitrogens with one attached hydrogen (secondary N) is 1. The first kappa shape index (κ1) is 16.5. The minimum absolute atomic E-state index is 0.157. The third kappa shape index (κ3) is 3.93. The van der Waals surface area contributed by atoms with Gasteiger partial charge >= 0.3 is 5.97 Å². The second kappa shape index (κ2) is 7.46. The van der Waals surface area contributed by atoms with E-state index >= 15 is 0 Å². The molecular weight excluding hydrogens is 312 g/mol. The number of carboxylic acid groups (broad SMARTS) is 1. The number of carbonyl (C=O) groups excluding carboxylic acids is 1. The van der Waals surface area contributed by atoms with Crippen molar-refractivity contribution in [3.8, 4) is 0 Å². The van der Waals surface area contributed by atoms with Gasteiger partial charge in [0.05, 0.1) is 18.8 Å². The molecule has 0 saturated carbocycles. The fourth-order valence-corrected chi connectivity index (χ4v) is 2.92. The van der Waals surface area contributed by atoms with Gasteiger partial charge in [0.15, 0.2) is 0 Å². The summed E-state index contributed by atoms with van der Waals surface area (Å²) in [5.74, 6) is -1.18. The topological polar surface area (TPSA) is 89.8 Å². The molecule has 0 radical (unpaired) electrons. The SMILES string of the molecule is O=C(O)CO[C@@H]1CCOC[C@@H]1NC(=O)Cn1ccc2ccccc21. The van der Waals surface area contributed by atoms with Gasteiger partial charge in [0.2, 0.25) is 5.91 Å². The highest BCUT2D eigenvalue weighted by molar-refractivity contribution is 5.83. The normalized spacial score (nSPS) is 20.8. The molecule has 2 heterocycles. The number of aliphatic carboxylic acids is 1. The maximum absolute atomic E-state index is 12.3. The molecule has 7 nitrogen and oxygen atoms in total. The Morgan fingerprint density at radius 2 is 2.17 bits per heavy atom. The number of ether oxygens (including phenoxy) is 2. The van der Waals surface area contributed by atoms with Crippen LogP contribution in [0.2, 0.25) is 0 Å². The van der Waals surface area contributed by atoms with Crippen molar-refractivity contribution in [2.24, 2.45) is 0 Å². The van der Waals surface area contributed by atoms with Gasteiger partial charge in [-0.05, 0) is 23.9 Å². The van der Waals surface area contributed by atoms with Crippen LogP contribution in [0, 0.1) is 0 Å². The summed E-state index contributed by atoms with van der Waals surface area (Å²) in [6, 6.07) is 9.47. The van der Waals surface area contributed by atoms with Gasteiger partial charge < -0.3 is 24.5 Å². The van der Waals surface area contributed by atoms with Crippen LogP contribution >= 0.6 is 0 Å². The van der Waals surface area contributed by atoms with Crippen LogP contribution < -0.4 is 5.32 Å². The van der Waals surface area contributed by atoms with E-state index in [9.17, 15) is 9.59 Å². The fourth-order valence-electron chi connectivity index (χ4n) is 2.92. The molecule has 1 aliphatic rings. The molecule has 0 spiro atoms. The Bertz CT molecular complexity index is 727. The number of rotatable bonds is 6. The number of nitrogens with zero attached hydrogens (tertiary/aromatic N) is 1. The molecule has 2 N–H and O–H groups in total. The average molecular weight is 332 g/mol. The first-order valence-electron chi connectivity index (χ1n) is 7.88. The van der Waals surface area contributed by atoms with Crippen molar-refractivity contribution >= 4 is 22.8 Å². The van der Waals surface area contributed by atoms with Crippen LogP contribution in [-0.2, 0) is 25.6 Å². The Labute approximate surface area is 139 Å². The molecular formula is C17H20N2O5. The maximum atomic E-state index is 12.3. The number of hydrogen-bond donors (Lipinski definition) is 2. The second-order valence-corrected chi connectivity index (χ2v) is 5.78. The standard InChI is InChI=1S/C17H20N2O5/c20-16(9-19-7-5-12-3-1-2-4-14(12)19)18-13-10-23-8-6-15(13)24-11-17(21)22/h1-5,7,13,15H,6,8-11H2,(H,18,20)(H,21,22)/t13-,15+/m0/s1. The number of benzene rings is 1. The lowest BCUT2D eigenvalue weighted by molar-refractivity contribution is -0.148. The summed E-state index contributed by atoms with van der Waals surface area (Å²) < 4.78 is 12.6. The molecule has 1 saturated heterocycles. The number of fused-ring (bicyclic) bond motifs is 1. The minimum Gasteiger partial charge on any atom is -0.480 e. The molecule has 1 aliphatic heterocycles. The first-order valence-corrected chi connectivity index (χ1v) is 7.88. The zero-order valence-electron chi connectivity index (χ0n) is 13.2. The van der Waals surface area contributed by atoms with Gasteiger partial charge in [-0.15, -0.1) is 0 Å². The van der Waals surface area contributed by atoms with E-state index in [2.05, 4.69) is 5.32 Å². The molecule has 0 bridgehead atoms. The van der Waals surface area contributed by atoms with E-state index in [-0.39, 0.29) is 31.2 Å². The van der Waals surface area contributed by atoms with E-state index in [1.807, 2.05) is 41.1 Å². The number of para-hydroxylation sites is 1. The smallest absolute Gasteiger partial charge is 0.329 e. The molecule has 1 aromatic heterocycles. The van der Waals surface area contributed by atoms with E-state index < -0.39 is 5.97 Å². The summed E-state index contributed by atoms with van der Waals surface area (Å²) in [4.78, 5) is 23.0. The summed E-state index contributed by atoms with van der Waals surface area (Å²) >= 11 is 0. The zero-order valence-corrected chi connectivity index (χ0v) is 13.2. The van der Waals surface area contributed by atoms with Gasteiger partial charge in [0.25, 0.3) is 0 Å². The van der Waals surface area contributed by atoms with Gasteiger partial charge in [0.1, 0.15) is 13.2 Å². The monoisotopic (exact) mass is 332 g/mol. The van der Waals surface area contributed by atoms with Crippen molar-refractivity contribution in [1.82, 2.24) is 9.88 Å². The second-order valence-electron chi connectivity index (χ2n) is 5.78. The Morgan fingerprint density at radius 1 is 1.33 bits per heavy atom.